The number of hydrogen-bond acceptors (Lipinski definition) is 13. The van der Waals surface area contributed by atoms with E-state index < -0.39 is 29.1 Å². The van der Waals surface area contributed by atoms with Crippen LogP contribution in [0.25, 0.3) is 0 Å². The Labute approximate surface area is 233 Å². The van der Waals surface area contributed by atoms with Gasteiger partial charge in [-0.1, -0.05) is 0 Å². The molecule has 0 radical (unpaired) electrons. The lowest BCUT2D eigenvalue weighted by Gasteiger charge is -2.10. The number of rotatable bonds is 7. The Morgan fingerprint density at radius 3 is 1.51 bits per heavy atom. The number of halogens is 1. The lowest BCUT2D eigenvalue weighted by Crippen LogP contribution is -2.21. The Balaban J connectivity index is 0.000000279. The molecule has 0 aliphatic carbocycles. The van der Waals surface area contributed by atoms with Crippen molar-refractivity contribution in [3.8, 4) is 17.2 Å². The van der Waals surface area contributed by atoms with Crippen molar-refractivity contribution in [1.29, 1.82) is 0 Å². The number of hydrogen-bond donors (Lipinski definition) is 2. The van der Waals surface area contributed by atoms with Crippen molar-refractivity contribution in [2.45, 2.75) is 12.6 Å². The maximum absolute atomic E-state index is 11.6. The van der Waals surface area contributed by atoms with E-state index in [1.807, 2.05) is 0 Å². The molecule has 210 valence electrons. The summed E-state index contributed by atoms with van der Waals surface area (Å²) in [4.78, 5) is 0. The largest absolute Gasteiger partial charge is 0.504 e. The Morgan fingerprint density at radius 2 is 1.19 bits per heavy atom. The fourth-order valence-corrected chi connectivity index (χ4v) is 9.02. The maximum Gasteiger partial charge on any atom is 0.274 e. The molecule has 0 fully saturated rings. The van der Waals surface area contributed by atoms with Crippen LogP contribution in [0.1, 0.15) is 0 Å². The number of aromatic hydroxyl groups is 1. The summed E-state index contributed by atoms with van der Waals surface area (Å²) in [5.41, 5.74) is 5.40. The summed E-state index contributed by atoms with van der Waals surface area (Å²) < 4.78 is 79.8. The van der Waals surface area contributed by atoms with Crippen LogP contribution in [-0.2, 0) is 29.1 Å². The quantitative estimate of drug-likeness (QED) is 0.360. The number of nitrogen functional groups attached to an aromatic ring is 1. The van der Waals surface area contributed by atoms with E-state index in [9.17, 15) is 30.4 Å². The monoisotopic (exact) mass is 655 g/mol. The molecule has 3 rings (SSSR count). The highest BCUT2D eigenvalue weighted by Crippen LogP contribution is 2.36. The minimum absolute atomic E-state index is 0.0571. The first-order chi connectivity index (χ1) is 16.9. The van der Waals surface area contributed by atoms with Gasteiger partial charge >= 0.3 is 0 Å². The van der Waals surface area contributed by atoms with E-state index >= 15 is 0 Å². The molecule has 0 saturated carbocycles. The van der Waals surface area contributed by atoms with Gasteiger partial charge in [-0.05, 0) is 22.9 Å². The van der Waals surface area contributed by atoms with Gasteiger partial charge in [0.05, 0.1) is 19.9 Å². The third-order valence-electron chi connectivity index (χ3n) is 4.04. The number of nitrogens with two attached hydrogens (primary N) is 1. The third kappa shape index (κ3) is 8.42. The van der Waals surface area contributed by atoms with Crippen molar-refractivity contribution in [3.63, 3.8) is 0 Å². The third-order valence-corrected chi connectivity index (χ3v) is 13.6. The molecule has 19 heteroatoms. The zero-order valence-electron chi connectivity index (χ0n) is 20.4. The molecule has 0 aliphatic heterocycles. The van der Waals surface area contributed by atoms with E-state index in [2.05, 4.69) is 0 Å². The maximum atomic E-state index is 11.6. The molecular weight excluding hydrogens is 630 g/mol. The van der Waals surface area contributed by atoms with Crippen LogP contribution >= 0.6 is 44.7 Å². The van der Waals surface area contributed by atoms with Gasteiger partial charge in [-0.25, -0.2) is 33.9 Å². The van der Waals surface area contributed by atoms with Crippen LogP contribution in [0.15, 0.2) is 40.9 Å². The minimum Gasteiger partial charge on any atom is -0.504 e. The molecule has 0 aromatic carbocycles. The van der Waals surface area contributed by atoms with Gasteiger partial charge in [0.15, 0.2) is 18.4 Å². The van der Waals surface area contributed by atoms with E-state index in [1.165, 1.54) is 52.1 Å². The topological polar surface area (TPSA) is 174 Å². The Bertz CT molecular complexity index is 1490. The molecule has 0 atom stereocenters. The van der Waals surface area contributed by atoms with Gasteiger partial charge in [-0.15, -0.1) is 34.0 Å². The van der Waals surface area contributed by atoms with Crippen molar-refractivity contribution in [2.24, 2.45) is 0 Å². The predicted molar refractivity (Wildman–Crippen MR) is 147 cm³/mol. The van der Waals surface area contributed by atoms with Gasteiger partial charge in [-0.2, -0.15) is 0 Å². The lowest BCUT2D eigenvalue weighted by molar-refractivity contribution is 0.404. The van der Waals surface area contributed by atoms with Crippen LogP contribution < -0.4 is 15.2 Å². The molecule has 0 bridgehead atoms. The van der Waals surface area contributed by atoms with Gasteiger partial charge in [-0.3, -0.25) is 0 Å². The summed E-state index contributed by atoms with van der Waals surface area (Å²) in [6.45, 7) is 0. The average Bonchev–Trinajstić information content (AvgIpc) is 3.54. The van der Waals surface area contributed by atoms with Gasteiger partial charge in [0.2, 0.25) is 0 Å². The second-order valence-corrected chi connectivity index (χ2v) is 17.1. The first-order valence-electron chi connectivity index (χ1n) is 9.51. The average molecular weight is 656 g/mol. The smallest absolute Gasteiger partial charge is 0.274 e. The highest BCUT2D eigenvalue weighted by molar-refractivity contribution is 8.15. The number of nitrogens with zero attached hydrogens (tertiary/aromatic N) is 2. The first kappa shape index (κ1) is 33.4. The van der Waals surface area contributed by atoms with E-state index in [0.717, 1.165) is 38.3 Å². The number of methoxy groups -OCH3 is 2. The van der Waals surface area contributed by atoms with Gasteiger partial charge < -0.3 is 20.3 Å². The Hall–Kier alpha value is -1.64. The predicted octanol–water partition coefficient (Wildman–Crippen LogP) is 2.98. The molecule has 3 aromatic heterocycles. The summed E-state index contributed by atoms with van der Waals surface area (Å²) in [5.74, 6) is 0.336. The van der Waals surface area contributed by atoms with Crippen LogP contribution in [-0.4, -0.2) is 81.4 Å². The lowest BCUT2D eigenvalue weighted by atomic mass is 10.5. The van der Waals surface area contributed by atoms with Crippen LogP contribution in [0.2, 0.25) is 0 Å². The molecular formula is C18H26ClN3O9S6. The molecule has 0 aliphatic rings. The van der Waals surface area contributed by atoms with E-state index in [-0.39, 0.29) is 24.1 Å². The zero-order valence-corrected chi connectivity index (χ0v) is 26.1. The van der Waals surface area contributed by atoms with E-state index in [1.54, 1.807) is 22.9 Å². The normalized spacial score (nSPS) is 11.9. The van der Waals surface area contributed by atoms with E-state index in [0.29, 0.717) is 11.5 Å². The van der Waals surface area contributed by atoms with Gasteiger partial charge in [0.25, 0.3) is 29.1 Å². The van der Waals surface area contributed by atoms with Crippen LogP contribution in [0, 0.1) is 0 Å². The summed E-state index contributed by atoms with van der Waals surface area (Å²) >= 11 is 3.10. The molecule has 0 saturated heterocycles. The second-order valence-electron chi connectivity index (χ2n) is 6.89. The fourth-order valence-electron chi connectivity index (χ4n) is 2.10. The molecule has 3 heterocycles. The molecule has 0 amide bonds. The van der Waals surface area contributed by atoms with Crippen molar-refractivity contribution < 1.29 is 39.8 Å². The van der Waals surface area contributed by atoms with Crippen molar-refractivity contribution in [1.82, 2.24) is 8.61 Å². The molecule has 3 aromatic rings. The van der Waals surface area contributed by atoms with Crippen LogP contribution in [0.3, 0.4) is 0 Å². The van der Waals surface area contributed by atoms with Crippen LogP contribution in [0.5, 0.6) is 17.2 Å². The van der Waals surface area contributed by atoms with Crippen LogP contribution in [0.4, 0.5) is 5.69 Å². The zero-order chi connectivity index (χ0) is 28.8. The number of thiophene rings is 3. The standard InChI is InChI=1S/C7H11NO3S2.C6H10N2O3S2.C5H5ClO3S2/c1-8(2)13(9,10)7-6(11-3)4-5-12-7;1-8(2)13(10,11)6-5(9)4(7)3-12-6;1-9-4-2-3-10-5(4)11(6,7)8/h4-5H,1-3H3;3,9H,7H2,1-2H3;2-3H,1H3. The molecule has 12 nitrogen and oxygen atoms in total. The second kappa shape index (κ2) is 13.4. The van der Waals surface area contributed by atoms with Crippen molar-refractivity contribution in [3.05, 3.63) is 28.3 Å². The van der Waals surface area contributed by atoms with Gasteiger partial charge in [0.1, 0.15) is 11.5 Å². The first-order valence-corrected chi connectivity index (χ1v) is 17.3. The summed E-state index contributed by atoms with van der Waals surface area (Å²) in [7, 11) is 3.16. The number of sulfonamides is 2. The van der Waals surface area contributed by atoms with Crippen molar-refractivity contribution in [2.75, 3.05) is 48.1 Å². The minimum atomic E-state index is -3.64. The molecule has 0 unspecified atom stereocenters. The summed E-state index contributed by atoms with van der Waals surface area (Å²) in [6.07, 6.45) is 0. The SMILES string of the molecule is CN(C)S(=O)(=O)c1scc(N)c1O.COc1ccsc1S(=O)(=O)Cl.COc1ccsc1S(=O)(=O)N(C)C. The highest BCUT2D eigenvalue weighted by Gasteiger charge is 2.25. The Kier molecular flexibility index (Phi) is 12.1. The van der Waals surface area contributed by atoms with E-state index in [4.69, 9.17) is 25.9 Å². The number of ether oxygens (including phenoxy) is 2. The highest BCUT2D eigenvalue weighted by atomic mass is 35.7. The molecule has 0 spiro atoms. The van der Waals surface area contributed by atoms with Gasteiger partial charge in [0, 0.05) is 44.3 Å². The summed E-state index contributed by atoms with van der Waals surface area (Å²) in [6, 6.07) is 3.20. The summed E-state index contributed by atoms with van der Waals surface area (Å²) in [5, 5.41) is 14.0. The molecule has 3 N–H and O–H groups in total. The molecule has 37 heavy (non-hydrogen) atoms. The fraction of sp³-hybridized carbons (Fsp3) is 0.333. The van der Waals surface area contributed by atoms with Crippen molar-refractivity contribution >= 4 is 79.5 Å². The Morgan fingerprint density at radius 1 is 0.784 bits per heavy atom. The number of anilines is 1.